The molecule has 2 heterocycles. The number of hydrogen-bond acceptors (Lipinski definition) is 5. The second-order valence-electron chi connectivity index (χ2n) is 8.06. The number of dihydropyridines is 1. The van der Waals surface area contributed by atoms with Gasteiger partial charge < -0.3 is 15.7 Å². The zero-order valence-corrected chi connectivity index (χ0v) is 19.3. The summed E-state index contributed by atoms with van der Waals surface area (Å²) in [5, 5.41) is 15.9. The van der Waals surface area contributed by atoms with Crippen molar-refractivity contribution >= 4 is 41.1 Å². The van der Waals surface area contributed by atoms with Crippen molar-refractivity contribution in [2.75, 3.05) is 0 Å². The molecule has 0 fully saturated rings. The molecule has 2 aromatic carbocycles. The van der Waals surface area contributed by atoms with Crippen molar-refractivity contribution in [2.45, 2.75) is 38.4 Å². The van der Waals surface area contributed by atoms with Gasteiger partial charge in [-0.1, -0.05) is 54.1 Å². The van der Waals surface area contributed by atoms with Crippen molar-refractivity contribution in [2.24, 2.45) is 9.98 Å². The number of rotatable bonds is 9. The van der Waals surface area contributed by atoms with Crippen LogP contribution in [0.25, 0.3) is 5.70 Å². The van der Waals surface area contributed by atoms with Crippen molar-refractivity contribution < 1.29 is 14.7 Å². The summed E-state index contributed by atoms with van der Waals surface area (Å²) in [6.07, 6.45) is 4.95. The van der Waals surface area contributed by atoms with Gasteiger partial charge in [0.15, 0.2) is 6.17 Å². The first-order chi connectivity index (χ1) is 16.5. The van der Waals surface area contributed by atoms with E-state index in [1.165, 1.54) is 0 Å². The molecule has 0 aromatic heterocycles. The van der Waals surface area contributed by atoms with Crippen LogP contribution in [0, 0.1) is 0 Å². The number of nitrogens with one attached hydrogen (secondary N) is 2. The number of fused-ring (bicyclic) bond motifs is 1. The minimum absolute atomic E-state index is 0.128. The maximum Gasteiger partial charge on any atom is 0.303 e. The van der Waals surface area contributed by atoms with E-state index in [1.54, 1.807) is 24.4 Å². The van der Waals surface area contributed by atoms with E-state index in [9.17, 15) is 9.59 Å². The monoisotopic (exact) mass is 476 g/mol. The summed E-state index contributed by atoms with van der Waals surface area (Å²) in [5.74, 6) is -1.04. The topological polar surface area (TPSA) is 103 Å². The largest absolute Gasteiger partial charge is 0.481 e. The van der Waals surface area contributed by atoms with Gasteiger partial charge in [-0.25, -0.2) is 0 Å². The number of unbranched alkanes of at least 4 members (excludes halogenated alkanes) is 1. The highest BCUT2D eigenvalue weighted by Crippen LogP contribution is 2.27. The van der Waals surface area contributed by atoms with Gasteiger partial charge in [-0.2, -0.15) is 0 Å². The van der Waals surface area contributed by atoms with E-state index in [-0.39, 0.29) is 18.5 Å². The quantitative estimate of drug-likeness (QED) is 0.468. The highest BCUT2D eigenvalue weighted by atomic mass is 35.5. The Morgan fingerprint density at radius 2 is 1.82 bits per heavy atom. The van der Waals surface area contributed by atoms with Crippen LogP contribution < -0.4 is 10.6 Å². The van der Waals surface area contributed by atoms with Crippen LogP contribution in [0.15, 0.2) is 81.9 Å². The summed E-state index contributed by atoms with van der Waals surface area (Å²) < 4.78 is 0. The van der Waals surface area contributed by atoms with Gasteiger partial charge in [0, 0.05) is 24.2 Å². The molecule has 0 spiro atoms. The van der Waals surface area contributed by atoms with Gasteiger partial charge in [0.1, 0.15) is 0 Å². The number of carboxylic acids is 1. The van der Waals surface area contributed by atoms with Gasteiger partial charge in [0.2, 0.25) is 0 Å². The van der Waals surface area contributed by atoms with Gasteiger partial charge in [-0.3, -0.25) is 19.6 Å². The molecule has 4 rings (SSSR count). The number of benzene rings is 2. The third-order valence-electron chi connectivity index (χ3n) is 5.53. The normalized spacial score (nSPS) is 16.8. The predicted molar refractivity (Wildman–Crippen MR) is 134 cm³/mol. The van der Waals surface area contributed by atoms with E-state index < -0.39 is 5.97 Å². The minimum atomic E-state index is -0.802. The first-order valence-corrected chi connectivity index (χ1v) is 11.5. The molecule has 1 amide bonds. The average molecular weight is 477 g/mol. The molecular formula is C26H25ClN4O3. The fourth-order valence-corrected chi connectivity index (χ4v) is 3.88. The first kappa shape index (κ1) is 23.4. The molecule has 34 heavy (non-hydrogen) atoms. The third kappa shape index (κ3) is 5.99. The fraction of sp³-hybridized carbons (Fsp3) is 0.231. The molecule has 8 heteroatoms. The van der Waals surface area contributed by atoms with E-state index in [1.807, 2.05) is 42.5 Å². The molecule has 3 N–H and O–H groups in total. The molecule has 0 bridgehead atoms. The summed E-state index contributed by atoms with van der Waals surface area (Å²) in [4.78, 5) is 32.9. The second-order valence-corrected chi connectivity index (χ2v) is 8.50. The predicted octanol–water partition coefficient (Wildman–Crippen LogP) is 4.35. The number of aliphatic carboxylic acids is 1. The van der Waals surface area contributed by atoms with Crippen molar-refractivity contribution in [3.63, 3.8) is 0 Å². The van der Waals surface area contributed by atoms with Crippen LogP contribution in [-0.4, -0.2) is 35.1 Å². The number of allylic oxidation sites excluding steroid dienone is 1. The Balaban J connectivity index is 1.51. The van der Waals surface area contributed by atoms with E-state index in [4.69, 9.17) is 21.7 Å². The Morgan fingerprint density at radius 3 is 2.56 bits per heavy atom. The van der Waals surface area contributed by atoms with Crippen LogP contribution in [-0.2, 0) is 16.1 Å². The van der Waals surface area contributed by atoms with Gasteiger partial charge >= 0.3 is 5.97 Å². The molecule has 0 saturated heterocycles. The van der Waals surface area contributed by atoms with Crippen molar-refractivity contribution in [3.8, 4) is 0 Å². The molecule has 1 atom stereocenters. The number of carbonyl (C=O) groups excluding carboxylic acids is 1. The Morgan fingerprint density at radius 1 is 1.06 bits per heavy atom. The first-order valence-electron chi connectivity index (χ1n) is 11.1. The van der Waals surface area contributed by atoms with Crippen LogP contribution in [0.1, 0.15) is 36.8 Å². The molecule has 174 valence electrons. The zero-order chi connectivity index (χ0) is 23.9. The molecule has 0 aliphatic carbocycles. The lowest BCUT2D eigenvalue weighted by atomic mass is 10.0. The Hall–Kier alpha value is -3.71. The molecular weight excluding hydrogens is 452 g/mol. The Labute approximate surface area is 203 Å². The molecule has 7 nitrogen and oxygen atoms in total. The Bertz CT molecular complexity index is 1180. The second kappa shape index (κ2) is 10.9. The van der Waals surface area contributed by atoms with Crippen LogP contribution >= 0.6 is 11.6 Å². The van der Waals surface area contributed by atoms with Gasteiger partial charge in [-0.15, -0.1) is 0 Å². The van der Waals surface area contributed by atoms with Crippen LogP contribution in [0.5, 0.6) is 0 Å². The number of halogens is 1. The van der Waals surface area contributed by atoms with E-state index in [0.717, 1.165) is 22.5 Å². The summed E-state index contributed by atoms with van der Waals surface area (Å²) in [6.45, 7) is 0.377. The summed E-state index contributed by atoms with van der Waals surface area (Å²) >= 11 is 5.91. The van der Waals surface area contributed by atoms with Crippen LogP contribution in [0.2, 0.25) is 5.02 Å². The minimum Gasteiger partial charge on any atom is -0.481 e. The lowest BCUT2D eigenvalue weighted by Gasteiger charge is -2.28. The van der Waals surface area contributed by atoms with E-state index in [2.05, 4.69) is 15.6 Å². The number of nitrogens with zero attached hydrogens (tertiary/aromatic N) is 2. The summed E-state index contributed by atoms with van der Waals surface area (Å²) in [7, 11) is 0. The number of hydrogen-bond donors (Lipinski definition) is 3. The highest BCUT2D eigenvalue weighted by molar-refractivity contribution is 6.30. The number of aliphatic imine (C=N–C) groups is 2. The van der Waals surface area contributed by atoms with Crippen LogP contribution in [0.4, 0.5) is 0 Å². The lowest BCUT2D eigenvalue weighted by molar-refractivity contribution is -0.137. The molecule has 2 aliphatic rings. The molecule has 2 aliphatic heterocycles. The smallest absolute Gasteiger partial charge is 0.303 e. The summed E-state index contributed by atoms with van der Waals surface area (Å²) in [5.41, 5.74) is 4.73. The van der Waals surface area contributed by atoms with Gasteiger partial charge in [0.05, 0.1) is 22.7 Å². The number of amides is 1. The van der Waals surface area contributed by atoms with Gasteiger partial charge in [0.25, 0.3) is 5.91 Å². The van der Waals surface area contributed by atoms with E-state index >= 15 is 0 Å². The highest BCUT2D eigenvalue weighted by Gasteiger charge is 2.26. The standard InChI is InChI=1S/C26H25ClN4O3/c27-20-12-10-17(11-13-20)15-29-26(34)19-14-22-25(28-16-19)31-24(18-6-2-1-3-7-18)21(30-22)8-4-5-9-23(32)33/h1-3,6-7,10-14,16,25,31H,4-5,8-9,15H2,(H,29,34)(H,32,33). The fourth-order valence-electron chi connectivity index (χ4n) is 3.76. The molecule has 0 radical (unpaired) electrons. The number of carboxylic acid groups (broad SMARTS) is 1. The van der Waals surface area contributed by atoms with Crippen LogP contribution in [0.3, 0.4) is 0 Å². The van der Waals surface area contributed by atoms with Crippen molar-refractivity contribution in [1.29, 1.82) is 0 Å². The zero-order valence-electron chi connectivity index (χ0n) is 18.5. The number of carbonyl (C=O) groups is 2. The van der Waals surface area contributed by atoms with Crippen molar-refractivity contribution in [1.82, 2.24) is 10.6 Å². The maximum absolute atomic E-state index is 12.7. The Kier molecular flexibility index (Phi) is 7.54. The lowest BCUT2D eigenvalue weighted by Crippen LogP contribution is -2.40. The molecule has 1 unspecified atom stereocenters. The van der Waals surface area contributed by atoms with Crippen molar-refractivity contribution in [3.05, 3.63) is 88.1 Å². The van der Waals surface area contributed by atoms with E-state index in [0.29, 0.717) is 42.1 Å². The molecule has 2 aromatic rings. The summed E-state index contributed by atoms with van der Waals surface area (Å²) in [6, 6.07) is 17.2. The molecule has 0 saturated carbocycles. The van der Waals surface area contributed by atoms with Gasteiger partial charge in [-0.05, 0) is 48.6 Å². The average Bonchev–Trinajstić information content (AvgIpc) is 2.85. The SMILES string of the molecule is O=C(O)CCCCC1=C(c2ccccc2)NC2N=CC(C(=O)NCc3ccc(Cl)cc3)=CC2=N1. The maximum atomic E-state index is 12.7. The third-order valence-corrected chi connectivity index (χ3v) is 5.78.